The van der Waals surface area contributed by atoms with Crippen molar-refractivity contribution in [3.8, 4) is 6.07 Å². The van der Waals surface area contributed by atoms with Gasteiger partial charge in [0, 0.05) is 12.5 Å². The Bertz CT molecular complexity index is 823. The topological polar surface area (TPSA) is 82.0 Å². The third kappa shape index (κ3) is 0.945. The average Bonchev–Trinajstić information content (AvgIpc) is 3.53. The molecule has 134 valence electrons. The van der Waals surface area contributed by atoms with Crippen molar-refractivity contribution >= 4 is 11.8 Å². The van der Waals surface area contributed by atoms with Gasteiger partial charge >= 0.3 is 0 Å². The summed E-state index contributed by atoms with van der Waals surface area (Å²) in [7, 11) is 0. The van der Waals surface area contributed by atoms with E-state index in [1.165, 1.54) is 19.3 Å². The molecule has 0 aromatic rings. The van der Waals surface area contributed by atoms with Crippen LogP contribution in [0.5, 0.6) is 0 Å². The molecule has 9 saturated carbocycles. The molecule has 2 N–H and O–H groups in total. The summed E-state index contributed by atoms with van der Waals surface area (Å²) in [5.41, 5.74) is 0.145. The number of hydrogen-bond acceptors (Lipinski definition) is 3. The summed E-state index contributed by atoms with van der Waals surface area (Å²) < 4.78 is 0. The first-order valence-electron chi connectivity index (χ1n) is 10.6. The third-order valence-electron chi connectivity index (χ3n) is 10.9. The average molecular weight is 349 g/mol. The fourth-order valence-corrected chi connectivity index (χ4v) is 9.33. The molecule has 5 nitrogen and oxygen atoms in total. The minimum absolute atomic E-state index is 0.0228. The van der Waals surface area contributed by atoms with Gasteiger partial charge < -0.3 is 10.6 Å². The van der Waals surface area contributed by atoms with Crippen molar-refractivity contribution in [2.75, 3.05) is 6.54 Å². The third-order valence-corrected chi connectivity index (χ3v) is 10.9. The Balaban J connectivity index is 0.935. The minimum Gasteiger partial charge on any atom is -0.353 e. The highest BCUT2D eigenvalue weighted by atomic mass is 16.2. The number of nitrogens with one attached hydrogen (secondary N) is 2. The van der Waals surface area contributed by atoms with Crippen molar-refractivity contribution in [3.63, 3.8) is 0 Å². The number of nitrogens with zero attached hydrogens (tertiary/aromatic N) is 1. The zero-order chi connectivity index (χ0) is 17.3. The minimum atomic E-state index is -0.170. The predicted molar refractivity (Wildman–Crippen MR) is 88.9 cm³/mol. The van der Waals surface area contributed by atoms with Crippen LogP contribution in [-0.4, -0.2) is 23.9 Å². The molecular formula is C21H23N3O2. The summed E-state index contributed by atoms with van der Waals surface area (Å²) in [6.07, 6.45) is 6.80. The van der Waals surface area contributed by atoms with Crippen LogP contribution in [0.2, 0.25) is 0 Å². The predicted octanol–water partition coefficient (Wildman–Crippen LogP) is 1.20. The van der Waals surface area contributed by atoms with Gasteiger partial charge in [0.1, 0.15) is 0 Å². The highest BCUT2D eigenvalue weighted by molar-refractivity contribution is 5.93. The number of carbonyl (C=O) groups is 2. The molecule has 1 spiro atoms. The van der Waals surface area contributed by atoms with Crippen molar-refractivity contribution in [1.82, 2.24) is 10.6 Å². The Labute approximate surface area is 152 Å². The monoisotopic (exact) mass is 349 g/mol. The lowest BCUT2D eigenvalue weighted by Crippen LogP contribution is -3.11. The van der Waals surface area contributed by atoms with Gasteiger partial charge in [0.25, 0.3) is 0 Å². The Hall–Kier alpha value is -1.57. The van der Waals surface area contributed by atoms with E-state index in [2.05, 4.69) is 16.7 Å². The number of nitriles is 1. The van der Waals surface area contributed by atoms with Crippen LogP contribution < -0.4 is 10.6 Å². The first-order chi connectivity index (χ1) is 12.6. The maximum atomic E-state index is 13.1. The largest absolute Gasteiger partial charge is 0.353 e. The van der Waals surface area contributed by atoms with Crippen LogP contribution in [-0.2, 0) is 9.59 Å². The lowest BCUT2D eigenvalue weighted by molar-refractivity contribution is -0.624. The lowest BCUT2D eigenvalue weighted by atomic mass is 8.92. The van der Waals surface area contributed by atoms with E-state index >= 15 is 0 Å². The molecule has 9 fully saturated rings. The zero-order valence-corrected chi connectivity index (χ0v) is 14.8. The standard InChI is InChI=1S/C21H23N3O2/c22-7-20-10-13-11(20)15-12(20)14(10)21(13,15)17(26)24-19(4-5-19)8-23-16(25)9-6-18(9)2-1-3-18/h9-15H,1-6,8H2,(H,23,25)(H,24,26). The van der Waals surface area contributed by atoms with E-state index in [-0.39, 0.29) is 34.1 Å². The van der Waals surface area contributed by atoms with E-state index in [9.17, 15) is 14.9 Å². The maximum Gasteiger partial charge on any atom is 0.227 e. The van der Waals surface area contributed by atoms with Crippen LogP contribution in [0.3, 0.4) is 0 Å². The summed E-state index contributed by atoms with van der Waals surface area (Å²) in [5.74, 6) is 3.98. The number of hydrogen-bond donors (Lipinski definition) is 2. The quantitative estimate of drug-likeness (QED) is 0.782. The second kappa shape index (κ2) is 3.34. The zero-order valence-electron chi connectivity index (χ0n) is 14.8. The molecule has 0 bridgehead atoms. The van der Waals surface area contributed by atoms with Crippen LogP contribution in [0.15, 0.2) is 0 Å². The molecular weight excluding hydrogens is 326 g/mol. The summed E-state index contributed by atoms with van der Waals surface area (Å²) >= 11 is 0. The maximum absolute atomic E-state index is 13.1. The molecule has 0 aromatic carbocycles. The molecule has 2 amide bonds. The molecule has 26 heavy (non-hydrogen) atoms. The Kier molecular flexibility index (Phi) is 1.74. The van der Waals surface area contributed by atoms with Crippen molar-refractivity contribution < 1.29 is 9.59 Å². The SMILES string of the molecule is N#CC12C3C4C1C1C2C3C41C(=O)NC1(CNC(=O)C2CC23CCC3)CC1. The Morgan fingerprint density at radius 1 is 1.00 bits per heavy atom. The summed E-state index contributed by atoms with van der Waals surface area (Å²) in [4.78, 5) is 25.5. The van der Waals surface area contributed by atoms with Gasteiger partial charge in [0.15, 0.2) is 0 Å². The molecule has 9 aliphatic carbocycles. The van der Waals surface area contributed by atoms with Crippen molar-refractivity contribution in [2.24, 2.45) is 57.7 Å². The molecule has 1 atom stereocenters. The Morgan fingerprint density at radius 3 is 2.12 bits per heavy atom. The second-order valence-corrected chi connectivity index (χ2v) is 11.1. The van der Waals surface area contributed by atoms with E-state index in [1.807, 2.05) is 0 Å². The van der Waals surface area contributed by atoms with Crippen molar-refractivity contribution in [3.05, 3.63) is 0 Å². The molecule has 1 unspecified atom stereocenters. The van der Waals surface area contributed by atoms with Gasteiger partial charge in [-0.2, -0.15) is 5.26 Å². The molecule has 0 radical (unpaired) electrons. The van der Waals surface area contributed by atoms with Crippen molar-refractivity contribution in [2.45, 2.75) is 44.1 Å². The first kappa shape index (κ1) is 13.6. The van der Waals surface area contributed by atoms with E-state index in [1.54, 1.807) is 0 Å². The molecule has 9 aliphatic rings. The van der Waals surface area contributed by atoms with Gasteiger partial charge in [-0.15, -0.1) is 0 Å². The molecule has 0 heterocycles. The molecule has 0 aliphatic heterocycles. The highest BCUT2D eigenvalue weighted by Crippen LogP contribution is 3.10. The van der Waals surface area contributed by atoms with Crippen LogP contribution in [0.1, 0.15) is 38.5 Å². The van der Waals surface area contributed by atoms with Gasteiger partial charge in [0.2, 0.25) is 11.8 Å². The van der Waals surface area contributed by atoms with Crippen LogP contribution in [0.25, 0.3) is 0 Å². The van der Waals surface area contributed by atoms with Crippen LogP contribution in [0.4, 0.5) is 0 Å². The fraction of sp³-hybridized carbons (Fsp3) is 0.857. The summed E-state index contributed by atoms with van der Waals surface area (Å²) in [6.45, 7) is 0.610. The first-order valence-corrected chi connectivity index (χ1v) is 10.6. The molecule has 0 saturated heterocycles. The fourth-order valence-electron chi connectivity index (χ4n) is 9.33. The van der Waals surface area contributed by atoms with E-state index in [0.29, 0.717) is 47.5 Å². The molecule has 9 rings (SSSR count). The van der Waals surface area contributed by atoms with Crippen molar-refractivity contribution in [1.29, 1.82) is 5.26 Å². The van der Waals surface area contributed by atoms with Gasteiger partial charge in [-0.1, -0.05) is 6.42 Å². The van der Waals surface area contributed by atoms with E-state index < -0.39 is 0 Å². The van der Waals surface area contributed by atoms with Crippen LogP contribution >= 0.6 is 0 Å². The lowest BCUT2D eigenvalue weighted by Gasteiger charge is -3.08. The van der Waals surface area contributed by atoms with E-state index in [0.717, 1.165) is 19.3 Å². The van der Waals surface area contributed by atoms with E-state index in [4.69, 9.17) is 0 Å². The normalized spacial score (nSPS) is 59.6. The van der Waals surface area contributed by atoms with Gasteiger partial charge in [-0.05, 0) is 73.0 Å². The highest BCUT2D eigenvalue weighted by Gasteiger charge is 3.12. The van der Waals surface area contributed by atoms with Gasteiger partial charge in [-0.3, -0.25) is 9.59 Å². The van der Waals surface area contributed by atoms with Gasteiger partial charge in [0.05, 0.1) is 22.4 Å². The molecule has 0 aromatic heterocycles. The smallest absolute Gasteiger partial charge is 0.227 e. The number of rotatable bonds is 5. The number of carbonyl (C=O) groups excluding carboxylic acids is 2. The summed E-state index contributed by atoms with van der Waals surface area (Å²) in [6, 6.07) is 2.59. The summed E-state index contributed by atoms with van der Waals surface area (Å²) in [5, 5.41) is 16.0. The van der Waals surface area contributed by atoms with Crippen LogP contribution in [0, 0.1) is 69.0 Å². The molecule has 5 heteroatoms. The second-order valence-electron chi connectivity index (χ2n) is 11.1. The number of amides is 2. The van der Waals surface area contributed by atoms with Gasteiger partial charge in [-0.25, -0.2) is 0 Å². The Morgan fingerprint density at radius 2 is 1.65 bits per heavy atom.